The maximum atomic E-state index is 11.8. The van der Waals surface area contributed by atoms with Crippen LogP contribution in [0.25, 0.3) is 0 Å². The highest BCUT2D eigenvalue weighted by Crippen LogP contribution is 2.45. The summed E-state index contributed by atoms with van der Waals surface area (Å²) in [5, 5.41) is 9.65. The van der Waals surface area contributed by atoms with E-state index in [2.05, 4.69) is 9.97 Å². The van der Waals surface area contributed by atoms with Gasteiger partial charge in [-0.25, -0.2) is 9.97 Å². The maximum absolute atomic E-state index is 11.8. The van der Waals surface area contributed by atoms with Crippen LogP contribution in [0.4, 0.5) is 0 Å². The predicted molar refractivity (Wildman–Crippen MR) is 70.5 cm³/mol. The van der Waals surface area contributed by atoms with E-state index in [1.807, 2.05) is 13.8 Å². The lowest BCUT2D eigenvalue weighted by Crippen LogP contribution is -2.34. The summed E-state index contributed by atoms with van der Waals surface area (Å²) in [6, 6.07) is 0. The number of nitrogens with zero attached hydrogens (tertiary/aromatic N) is 2. The van der Waals surface area contributed by atoms with Crippen molar-refractivity contribution in [3.05, 3.63) is 17.7 Å². The quantitative estimate of drug-likeness (QED) is 0.904. The number of carboxylic acid groups (broad SMARTS) is 1. The highest BCUT2D eigenvalue weighted by atomic mass is 16.5. The zero-order valence-corrected chi connectivity index (χ0v) is 11.6. The molecule has 1 saturated carbocycles. The number of aromatic nitrogens is 2. The predicted octanol–water partition coefficient (Wildman–Crippen LogP) is 2.51. The molecular formula is C14H20N2O3. The summed E-state index contributed by atoms with van der Waals surface area (Å²) in [5.74, 6) is -0.0949. The fourth-order valence-electron chi connectivity index (χ4n) is 2.87. The molecule has 0 atom stereocenters. The van der Waals surface area contributed by atoms with Crippen molar-refractivity contribution in [1.29, 1.82) is 0 Å². The summed E-state index contributed by atoms with van der Waals surface area (Å²) in [7, 11) is 1.55. The number of carbonyl (C=O) groups is 1. The van der Waals surface area contributed by atoms with Crippen LogP contribution in [0.3, 0.4) is 0 Å². The average Bonchev–Trinajstić information content (AvgIpc) is 2.88. The van der Waals surface area contributed by atoms with Gasteiger partial charge in [0.2, 0.25) is 0 Å². The van der Waals surface area contributed by atoms with Crippen molar-refractivity contribution in [3.63, 3.8) is 0 Å². The molecule has 5 nitrogen and oxygen atoms in total. The first-order valence-corrected chi connectivity index (χ1v) is 6.65. The van der Waals surface area contributed by atoms with E-state index >= 15 is 0 Å². The first kappa shape index (κ1) is 13.8. The fraction of sp³-hybridized carbons (Fsp3) is 0.643. The molecule has 0 spiro atoms. The Kier molecular flexibility index (Phi) is 3.73. The first-order valence-electron chi connectivity index (χ1n) is 6.65. The van der Waals surface area contributed by atoms with E-state index < -0.39 is 11.4 Å². The largest absolute Gasteiger partial charge is 0.493 e. The fourth-order valence-corrected chi connectivity index (χ4v) is 2.87. The second-order valence-electron chi connectivity index (χ2n) is 5.39. The van der Waals surface area contributed by atoms with Gasteiger partial charge in [-0.3, -0.25) is 4.79 Å². The third-order valence-electron chi connectivity index (χ3n) is 3.90. The Hall–Kier alpha value is -1.65. The van der Waals surface area contributed by atoms with E-state index in [0.717, 1.165) is 18.5 Å². The number of ether oxygens (including phenoxy) is 1. The Morgan fingerprint density at radius 2 is 2.00 bits per heavy atom. The topological polar surface area (TPSA) is 72.3 Å². The van der Waals surface area contributed by atoms with Crippen LogP contribution in [-0.2, 0) is 10.2 Å². The van der Waals surface area contributed by atoms with Crippen molar-refractivity contribution in [2.45, 2.75) is 50.9 Å². The Morgan fingerprint density at radius 1 is 1.37 bits per heavy atom. The molecule has 1 aromatic rings. The molecule has 0 aliphatic heterocycles. The van der Waals surface area contributed by atoms with Crippen LogP contribution < -0.4 is 4.74 Å². The number of hydrogen-bond donors (Lipinski definition) is 1. The number of rotatable bonds is 4. The molecule has 1 aliphatic rings. The zero-order chi connectivity index (χ0) is 14.0. The van der Waals surface area contributed by atoms with E-state index in [0.29, 0.717) is 24.3 Å². The van der Waals surface area contributed by atoms with E-state index in [4.69, 9.17) is 4.74 Å². The van der Waals surface area contributed by atoms with Crippen LogP contribution in [0.2, 0.25) is 0 Å². The van der Waals surface area contributed by atoms with Gasteiger partial charge in [0.25, 0.3) is 0 Å². The summed E-state index contributed by atoms with van der Waals surface area (Å²) in [6.07, 6.45) is 4.52. The standard InChI is InChI=1S/C14H20N2O3/c1-9(2)10-11(19-3)12(16-8-15-10)14(13(17)18)6-4-5-7-14/h8-9H,4-7H2,1-3H3,(H,17,18). The Morgan fingerprint density at radius 3 is 2.47 bits per heavy atom. The average molecular weight is 264 g/mol. The molecular weight excluding hydrogens is 244 g/mol. The Labute approximate surface area is 113 Å². The minimum atomic E-state index is -0.905. The van der Waals surface area contributed by atoms with Crippen LogP contribution in [0.15, 0.2) is 6.33 Å². The van der Waals surface area contributed by atoms with Gasteiger partial charge in [0.05, 0.1) is 12.8 Å². The molecule has 1 N–H and O–H groups in total. The van der Waals surface area contributed by atoms with Gasteiger partial charge in [-0.2, -0.15) is 0 Å². The first-order chi connectivity index (χ1) is 9.03. The summed E-state index contributed by atoms with van der Waals surface area (Å²) in [5.41, 5.74) is 0.413. The summed E-state index contributed by atoms with van der Waals surface area (Å²) >= 11 is 0. The van der Waals surface area contributed by atoms with Crippen molar-refractivity contribution >= 4 is 5.97 Å². The molecule has 0 bridgehead atoms. The van der Waals surface area contributed by atoms with Crippen LogP contribution in [0.5, 0.6) is 5.75 Å². The second-order valence-corrected chi connectivity index (χ2v) is 5.39. The van der Waals surface area contributed by atoms with Crippen molar-refractivity contribution in [2.24, 2.45) is 0 Å². The molecule has 19 heavy (non-hydrogen) atoms. The van der Waals surface area contributed by atoms with Crippen molar-refractivity contribution in [2.75, 3.05) is 7.11 Å². The van der Waals surface area contributed by atoms with Gasteiger partial charge < -0.3 is 9.84 Å². The molecule has 1 aliphatic carbocycles. The SMILES string of the molecule is COc1c(C(C)C)ncnc1C1(C(=O)O)CCCC1. The monoisotopic (exact) mass is 264 g/mol. The van der Waals surface area contributed by atoms with Crippen LogP contribution >= 0.6 is 0 Å². The summed E-state index contributed by atoms with van der Waals surface area (Å²) < 4.78 is 5.44. The minimum absolute atomic E-state index is 0.170. The van der Waals surface area contributed by atoms with Crippen LogP contribution in [0.1, 0.15) is 56.8 Å². The number of methoxy groups -OCH3 is 1. The highest BCUT2D eigenvalue weighted by Gasteiger charge is 2.46. The lowest BCUT2D eigenvalue weighted by atomic mass is 9.81. The molecule has 0 unspecified atom stereocenters. The zero-order valence-electron chi connectivity index (χ0n) is 11.6. The molecule has 2 rings (SSSR count). The third-order valence-corrected chi connectivity index (χ3v) is 3.90. The van der Waals surface area contributed by atoms with Crippen molar-refractivity contribution < 1.29 is 14.6 Å². The van der Waals surface area contributed by atoms with Gasteiger partial charge in [-0.05, 0) is 18.8 Å². The molecule has 0 aromatic carbocycles. The smallest absolute Gasteiger partial charge is 0.315 e. The lowest BCUT2D eigenvalue weighted by Gasteiger charge is -2.26. The van der Waals surface area contributed by atoms with Gasteiger partial charge >= 0.3 is 5.97 Å². The molecule has 0 saturated heterocycles. The van der Waals surface area contributed by atoms with E-state index in [1.165, 1.54) is 6.33 Å². The Bertz CT molecular complexity index is 480. The number of aliphatic carboxylic acids is 1. The van der Waals surface area contributed by atoms with Crippen LogP contribution in [-0.4, -0.2) is 28.2 Å². The van der Waals surface area contributed by atoms with Gasteiger partial charge in [-0.15, -0.1) is 0 Å². The van der Waals surface area contributed by atoms with E-state index in [-0.39, 0.29) is 5.92 Å². The van der Waals surface area contributed by atoms with Crippen molar-refractivity contribution in [3.8, 4) is 5.75 Å². The van der Waals surface area contributed by atoms with E-state index in [1.54, 1.807) is 7.11 Å². The third kappa shape index (κ3) is 2.17. The van der Waals surface area contributed by atoms with Gasteiger partial charge in [0.1, 0.15) is 17.4 Å². The van der Waals surface area contributed by atoms with E-state index in [9.17, 15) is 9.90 Å². The molecule has 1 aromatic heterocycles. The lowest BCUT2D eigenvalue weighted by molar-refractivity contribution is -0.143. The van der Waals surface area contributed by atoms with Crippen molar-refractivity contribution in [1.82, 2.24) is 9.97 Å². The second kappa shape index (κ2) is 5.15. The molecule has 1 fully saturated rings. The molecule has 1 heterocycles. The van der Waals surface area contributed by atoms with Gasteiger partial charge in [-0.1, -0.05) is 26.7 Å². The molecule has 5 heteroatoms. The minimum Gasteiger partial charge on any atom is -0.493 e. The van der Waals surface area contributed by atoms with Gasteiger partial charge in [0.15, 0.2) is 5.75 Å². The molecule has 104 valence electrons. The molecule has 0 radical (unpaired) electrons. The highest BCUT2D eigenvalue weighted by molar-refractivity contribution is 5.82. The normalized spacial score (nSPS) is 17.7. The van der Waals surface area contributed by atoms with Gasteiger partial charge in [0, 0.05) is 0 Å². The number of carboxylic acids is 1. The van der Waals surface area contributed by atoms with Crippen LogP contribution in [0, 0.1) is 0 Å². The Balaban J connectivity index is 2.61. The maximum Gasteiger partial charge on any atom is 0.315 e. The molecule has 0 amide bonds. The number of hydrogen-bond acceptors (Lipinski definition) is 4. The summed E-state index contributed by atoms with van der Waals surface area (Å²) in [6.45, 7) is 4.02. The summed E-state index contributed by atoms with van der Waals surface area (Å²) in [4.78, 5) is 20.3.